The molecule has 0 bridgehead atoms. The lowest BCUT2D eigenvalue weighted by Gasteiger charge is -2.04. The van der Waals surface area contributed by atoms with Crippen LogP contribution < -0.4 is 0 Å². The first-order chi connectivity index (χ1) is 7.24. The minimum Gasteiger partial charge on any atom is -0.464 e. The average Bonchev–Trinajstić information content (AvgIpc) is 2.27. The third kappa shape index (κ3) is 3.95. The maximum Gasteiger partial charge on any atom is 0.339 e. The summed E-state index contributed by atoms with van der Waals surface area (Å²) in [5, 5.41) is 9.35. The summed E-state index contributed by atoms with van der Waals surface area (Å²) >= 11 is 0. The SMILES string of the molecule is CCOC(=O)[C@@H](O)/C=C/c1ccccc1. The van der Waals surface area contributed by atoms with Gasteiger partial charge in [-0.05, 0) is 18.6 Å². The summed E-state index contributed by atoms with van der Waals surface area (Å²) in [4.78, 5) is 11.0. The lowest BCUT2D eigenvalue weighted by Crippen LogP contribution is -2.20. The predicted octanol–water partition coefficient (Wildman–Crippen LogP) is 1.62. The highest BCUT2D eigenvalue weighted by molar-refractivity contribution is 5.77. The molecule has 1 N–H and O–H groups in total. The van der Waals surface area contributed by atoms with Gasteiger partial charge < -0.3 is 9.84 Å². The third-order valence-corrected chi connectivity index (χ3v) is 1.80. The Balaban J connectivity index is 2.54. The minimum atomic E-state index is -1.19. The van der Waals surface area contributed by atoms with Gasteiger partial charge in [0, 0.05) is 0 Å². The largest absolute Gasteiger partial charge is 0.464 e. The van der Waals surface area contributed by atoms with E-state index in [1.165, 1.54) is 6.08 Å². The van der Waals surface area contributed by atoms with Gasteiger partial charge in [0.2, 0.25) is 0 Å². The van der Waals surface area contributed by atoms with Crippen molar-refractivity contribution in [2.75, 3.05) is 6.61 Å². The molecule has 1 atom stereocenters. The summed E-state index contributed by atoms with van der Waals surface area (Å²) in [7, 11) is 0. The first-order valence-electron chi connectivity index (χ1n) is 4.82. The molecule has 0 unspecified atom stereocenters. The zero-order chi connectivity index (χ0) is 11.1. The van der Waals surface area contributed by atoms with Crippen LogP contribution in [0.4, 0.5) is 0 Å². The van der Waals surface area contributed by atoms with Crippen LogP contribution >= 0.6 is 0 Å². The first kappa shape index (κ1) is 11.5. The van der Waals surface area contributed by atoms with Gasteiger partial charge in [0.1, 0.15) is 0 Å². The van der Waals surface area contributed by atoms with Crippen molar-refractivity contribution in [3.63, 3.8) is 0 Å². The van der Waals surface area contributed by atoms with Gasteiger partial charge in [-0.15, -0.1) is 0 Å². The summed E-state index contributed by atoms with van der Waals surface area (Å²) in [6.07, 6.45) is 1.90. The van der Waals surface area contributed by atoms with Gasteiger partial charge in [-0.3, -0.25) is 0 Å². The topological polar surface area (TPSA) is 46.5 Å². The maximum atomic E-state index is 11.0. The van der Waals surface area contributed by atoms with Gasteiger partial charge in [-0.2, -0.15) is 0 Å². The Labute approximate surface area is 89.0 Å². The Morgan fingerprint density at radius 1 is 1.47 bits per heavy atom. The van der Waals surface area contributed by atoms with Crippen LogP contribution in [0.25, 0.3) is 6.08 Å². The molecule has 3 nitrogen and oxygen atoms in total. The number of esters is 1. The summed E-state index contributed by atoms with van der Waals surface area (Å²) in [5.74, 6) is -0.621. The zero-order valence-corrected chi connectivity index (χ0v) is 8.59. The molecule has 0 amide bonds. The van der Waals surface area contributed by atoms with Crippen molar-refractivity contribution in [2.45, 2.75) is 13.0 Å². The molecule has 0 saturated carbocycles. The fourth-order valence-electron chi connectivity index (χ4n) is 1.07. The number of ether oxygens (including phenoxy) is 1. The molecule has 0 aliphatic carbocycles. The van der Waals surface area contributed by atoms with E-state index in [0.29, 0.717) is 0 Å². The van der Waals surface area contributed by atoms with Crippen LogP contribution in [0.3, 0.4) is 0 Å². The molecule has 1 aromatic carbocycles. The Morgan fingerprint density at radius 2 is 2.13 bits per heavy atom. The van der Waals surface area contributed by atoms with Crippen LogP contribution in [0.15, 0.2) is 36.4 Å². The van der Waals surface area contributed by atoms with Gasteiger partial charge in [0.25, 0.3) is 0 Å². The summed E-state index contributed by atoms with van der Waals surface area (Å²) in [5.41, 5.74) is 0.931. The number of hydrogen-bond donors (Lipinski definition) is 1. The van der Waals surface area contributed by atoms with Gasteiger partial charge in [-0.25, -0.2) is 4.79 Å². The molecule has 80 valence electrons. The lowest BCUT2D eigenvalue weighted by atomic mass is 10.2. The molecule has 15 heavy (non-hydrogen) atoms. The molecule has 0 heterocycles. The van der Waals surface area contributed by atoms with Crippen LogP contribution in [0.5, 0.6) is 0 Å². The number of rotatable bonds is 4. The molecule has 0 aliphatic rings. The second kappa shape index (κ2) is 5.98. The number of carbonyl (C=O) groups excluding carboxylic acids is 1. The van der Waals surface area contributed by atoms with Crippen molar-refractivity contribution in [1.82, 2.24) is 0 Å². The van der Waals surface area contributed by atoms with Crippen molar-refractivity contribution in [3.8, 4) is 0 Å². The predicted molar refractivity (Wildman–Crippen MR) is 58.1 cm³/mol. The molecule has 0 saturated heterocycles. The van der Waals surface area contributed by atoms with E-state index >= 15 is 0 Å². The Kier molecular flexibility index (Phi) is 4.57. The smallest absolute Gasteiger partial charge is 0.339 e. The van der Waals surface area contributed by atoms with Gasteiger partial charge in [-0.1, -0.05) is 36.4 Å². The minimum absolute atomic E-state index is 0.273. The number of benzene rings is 1. The second-order valence-electron chi connectivity index (χ2n) is 2.97. The molecular weight excluding hydrogens is 192 g/mol. The Hall–Kier alpha value is -1.61. The molecule has 0 radical (unpaired) electrons. The van der Waals surface area contributed by atoms with Gasteiger partial charge in [0.05, 0.1) is 6.61 Å². The number of carbonyl (C=O) groups is 1. The van der Waals surface area contributed by atoms with E-state index in [9.17, 15) is 9.90 Å². The molecule has 0 fully saturated rings. The van der Waals surface area contributed by atoms with Crippen molar-refractivity contribution >= 4 is 12.0 Å². The Bertz CT molecular complexity index is 330. The summed E-state index contributed by atoms with van der Waals surface area (Å²) < 4.78 is 4.65. The fraction of sp³-hybridized carbons (Fsp3) is 0.250. The molecular formula is C12H14O3. The maximum absolute atomic E-state index is 11.0. The molecule has 1 rings (SSSR count). The van der Waals surface area contributed by atoms with Crippen LogP contribution in [0.2, 0.25) is 0 Å². The number of aliphatic hydroxyl groups excluding tert-OH is 1. The highest BCUT2D eigenvalue weighted by atomic mass is 16.5. The standard InChI is InChI=1S/C12H14O3/c1-2-15-12(14)11(13)9-8-10-6-4-3-5-7-10/h3-9,11,13H,2H2,1H3/b9-8+/t11-/m0/s1. The summed E-state index contributed by atoms with van der Waals surface area (Å²) in [6.45, 7) is 1.97. The van der Waals surface area contributed by atoms with E-state index < -0.39 is 12.1 Å². The monoisotopic (exact) mass is 206 g/mol. The molecule has 1 aromatic rings. The molecule has 0 aromatic heterocycles. The third-order valence-electron chi connectivity index (χ3n) is 1.80. The van der Waals surface area contributed by atoms with Crippen molar-refractivity contribution in [1.29, 1.82) is 0 Å². The molecule has 0 spiro atoms. The van der Waals surface area contributed by atoms with Gasteiger partial charge >= 0.3 is 5.97 Å². The zero-order valence-electron chi connectivity index (χ0n) is 8.59. The highest BCUT2D eigenvalue weighted by Gasteiger charge is 2.11. The van der Waals surface area contributed by atoms with Crippen LogP contribution in [0.1, 0.15) is 12.5 Å². The Morgan fingerprint density at radius 3 is 2.73 bits per heavy atom. The molecule has 0 aliphatic heterocycles. The molecule has 3 heteroatoms. The first-order valence-corrected chi connectivity index (χ1v) is 4.82. The van der Waals surface area contributed by atoms with Crippen LogP contribution in [0, 0.1) is 0 Å². The van der Waals surface area contributed by atoms with E-state index in [0.717, 1.165) is 5.56 Å². The second-order valence-corrected chi connectivity index (χ2v) is 2.97. The number of hydrogen-bond acceptors (Lipinski definition) is 3. The van der Waals surface area contributed by atoms with Crippen molar-refractivity contribution in [2.24, 2.45) is 0 Å². The normalized spacial score (nSPS) is 12.7. The number of aliphatic hydroxyl groups is 1. The van der Waals surface area contributed by atoms with E-state index in [2.05, 4.69) is 4.74 Å². The van der Waals surface area contributed by atoms with E-state index in [1.807, 2.05) is 30.3 Å². The van der Waals surface area contributed by atoms with Crippen molar-refractivity contribution in [3.05, 3.63) is 42.0 Å². The fourth-order valence-corrected chi connectivity index (χ4v) is 1.07. The quantitative estimate of drug-likeness (QED) is 0.761. The van der Waals surface area contributed by atoms with Crippen LogP contribution in [-0.4, -0.2) is 23.8 Å². The van der Waals surface area contributed by atoms with E-state index in [-0.39, 0.29) is 6.61 Å². The average molecular weight is 206 g/mol. The van der Waals surface area contributed by atoms with E-state index in [1.54, 1.807) is 13.0 Å². The van der Waals surface area contributed by atoms with E-state index in [4.69, 9.17) is 0 Å². The van der Waals surface area contributed by atoms with Crippen molar-refractivity contribution < 1.29 is 14.6 Å². The van der Waals surface area contributed by atoms with Crippen LogP contribution in [-0.2, 0) is 9.53 Å². The highest BCUT2D eigenvalue weighted by Crippen LogP contribution is 2.02. The summed E-state index contributed by atoms with van der Waals surface area (Å²) in [6, 6.07) is 9.44. The van der Waals surface area contributed by atoms with Gasteiger partial charge in [0.15, 0.2) is 6.10 Å². The lowest BCUT2D eigenvalue weighted by molar-refractivity contribution is -0.150.